The minimum atomic E-state index is -0.246. The molecule has 0 bridgehead atoms. The fourth-order valence-corrected chi connectivity index (χ4v) is 4.05. The number of thiazole rings is 1. The van der Waals surface area contributed by atoms with E-state index >= 15 is 0 Å². The van der Waals surface area contributed by atoms with E-state index in [0.717, 1.165) is 32.7 Å². The van der Waals surface area contributed by atoms with E-state index in [1.54, 1.807) is 22.7 Å². The Balaban J connectivity index is 1.38. The summed E-state index contributed by atoms with van der Waals surface area (Å²) in [6, 6.07) is 9.96. The average molecular weight is 354 g/mol. The van der Waals surface area contributed by atoms with Crippen LogP contribution in [0, 0.1) is 0 Å². The van der Waals surface area contributed by atoms with Gasteiger partial charge in [-0.05, 0) is 23.1 Å². The summed E-state index contributed by atoms with van der Waals surface area (Å²) >= 11 is 3.21. The standard InChI is InChI=1S/C18H14N2O2S2/c21-17(7-13-8-19-16-4-2-1-3-15(13)16)22-9-14-11-24-18(20-14)12-5-6-23-10-12/h1-6,8,10-11,19H,7,9H2. The highest BCUT2D eigenvalue weighted by Crippen LogP contribution is 2.26. The molecule has 0 spiro atoms. The first kappa shape index (κ1) is 15.1. The van der Waals surface area contributed by atoms with Crippen LogP contribution >= 0.6 is 22.7 Å². The van der Waals surface area contributed by atoms with Crippen LogP contribution in [0.1, 0.15) is 11.3 Å². The summed E-state index contributed by atoms with van der Waals surface area (Å²) in [5, 5.41) is 8.04. The number of ether oxygens (including phenoxy) is 1. The Kier molecular flexibility index (Phi) is 4.15. The molecule has 0 saturated heterocycles. The molecule has 0 aliphatic heterocycles. The summed E-state index contributed by atoms with van der Waals surface area (Å²) < 4.78 is 5.37. The third-order valence-electron chi connectivity index (χ3n) is 3.71. The van der Waals surface area contributed by atoms with Crippen molar-refractivity contribution >= 4 is 39.5 Å². The average Bonchev–Trinajstić information content (AvgIpc) is 3.34. The number of H-pyrrole nitrogens is 1. The molecule has 0 unspecified atom stereocenters. The van der Waals surface area contributed by atoms with Gasteiger partial charge < -0.3 is 9.72 Å². The molecule has 0 fully saturated rings. The van der Waals surface area contributed by atoms with Crippen molar-refractivity contribution in [1.82, 2.24) is 9.97 Å². The van der Waals surface area contributed by atoms with Gasteiger partial charge in [-0.25, -0.2) is 4.98 Å². The number of thiophene rings is 1. The Bertz CT molecular complexity index is 970. The Labute approximate surface area is 146 Å². The lowest BCUT2D eigenvalue weighted by atomic mass is 10.1. The van der Waals surface area contributed by atoms with Crippen LogP contribution in [0.15, 0.2) is 52.7 Å². The number of nitrogens with zero attached hydrogens (tertiary/aromatic N) is 1. The number of fused-ring (bicyclic) bond motifs is 1. The Morgan fingerprint density at radius 3 is 3.00 bits per heavy atom. The van der Waals surface area contributed by atoms with Crippen LogP contribution in [0.4, 0.5) is 0 Å². The first-order valence-corrected chi connectivity index (χ1v) is 9.29. The number of aromatic nitrogens is 2. The van der Waals surface area contributed by atoms with Crippen LogP contribution in [0.5, 0.6) is 0 Å². The van der Waals surface area contributed by atoms with Crippen molar-refractivity contribution in [3.05, 3.63) is 63.9 Å². The van der Waals surface area contributed by atoms with Crippen LogP contribution in [0.3, 0.4) is 0 Å². The monoisotopic (exact) mass is 354 g/mol. The number of esters is 1. The van der Waals surface area contributed by atoms with Crippen molar-refractivity contribution in [1.29, 1.82) is 0 Å². The number of hydrogen-bond donors (Lipinski definition) is 1. The van der Waals surface area contributed by atoms with Gasteiger partial charge in [-0.1, -0.05) is 18.2 Å². The molecule has 1 aromatic carbocycles. The number of hydrogen-bond acceptors (Lipinski definition) is 5. The van der Waals surface area contributed by atoms with Gasteiger partial charge in [-0.3, -0.25) is 4.79 Å². The molecule has 0 radical (unpaired) electrons. The lowest BCUT2D eigenvalue weighted by Gasteiger charge is -2.02. The molecule has 0 aliphatic carbocycles. The molecule has 120 valence electrons. The zero-order chi connectivity index (χ0) is 16.4. The van der Waals surface area contributed by atoms with Crippen LogP contribution in [0.2, 0.25) is 0 Å². The molecular weight excluding hydrogens is 340 g/mol. The highest BCUT2D eigenvalue weighted by Gasteiger charge is 2.11. The number of rotatable bonds is 5. The molecule has 0 atom stereocenters. The molecule has 3 heterocycles. The quantitative estimate of drug-likeness (QED) is 0.531. The maximum Gasteiger partial charge on any atom is 0.310 e. The lowest BCUT2D eigenvalue weighted by Crippen LogP contribution is -2.07. The molecular formula is C18H14N2O2S2. The van der Waals surface area contributed by atoms with E-state index in [-0.39, 0.29) is 19.0 Å². The molecule has 0 saturated carbocycles. The minimum Gasteiger partial charge on any atom is -0.459 e. The number of para-hydroxylation sites is 1. The molecule has 6 heteroatoms. The molecule has 4 nitrogen and oxygen atoms in total. The highest BCUT2D eigenvalue weighted by atomic mass is 32.1. The maximum absolute atomic E-state index is 12.1. The number of aromatic amines is 1. The summed E-state index contributed by atoms with van der Waals surface area (Å²) in [5.74, 6) is -0.246. The van der Waals surface area contributed by atoms with E-state index in [9.17, 15) is 4.79 Å². The van der Waals surface area contributed by atoms with E-state index in [4.69, 9.17) is 4.74 Å². The first-order valence-electron chi connectivity index (χ1n) is 7.47. The SMILES string of the molecule is O=C(Cc1c[nH]c2ccccc12)OCc1csc(-c2ccsc2)n1. The zero-order valence-corrected chi connectivity index (χ0v) is 14.3. The van der Waals surface area contributed by atoms with Gasteiger partial charge in [0.05, 0.1) is 12.1 Å². The van der Waals surface area contributed by atoms with E-state index in [1.807, 2.05) is 47.3 Å². The van der Waals surface area contributed by atoms with E-state index in [2.05, 4.69) is 15.3 Å². The van der Waals surface area contributed by atoms with Crippen molar-refractivity contribution in [3.63, 3.8) is 0 Å². The summed E-state index contributed by atoms with van der Waals surface area (Å²) in [7, 11) is 0. The third kappa shape index (κ3) is 3.11. The molecule has 1 N–H and O–H groups in total. The van der Waals surface area contributed by atoms with Crippen LogP contribution in [-0.2, 0) is 22.6 Å². The Morgan fingerprint density at radius 2 is 2.12 bits per heavy atom. The van der Waals surface area contributed by atoms with Gasteiger partial charge in [0.15, 0.2) is 0 Å². The predicted molar refractivity (Wildman–Crippen MR) is 97.2 cm³/mol. The molecule has 24 heavy (non-hydrogen) atoms. The van der Waals surface area contributed by atoms with Crippen LogP contribution < -0.4 is 0 Å². The van der Waals surface area contributed by atoms with Gasteiger partial charge in [-0.2, -0.15) is 11.3 Å². The lowest BCUT2D eigenvalue weighted by molar-refractivity contribution is -0.144. The van der Waals surface area contributed by atoms with Crippen LogP contribution in [-0.4, -0.2) is 15.9 Å². The fourth-order valence-electron chi connectivity index (χ4n) is 2.53. The second kappa shape index (κ2) is 6.59. The summed E-state index contributed by atoms with van der Waals surface area (Å²) in [6.07, 6.45) is 2.12. The van der Waals surface area contributed by atoms with Crippen molar-refractivity contribution in [2.75, 3.05) is 0 Å². The second-order valence-electron chi connectivity index (χ2n) is 5.35. The molecule has 4 rings (SSSR count). The number of carbonyl (C=O) groups is 1. The topological polar surface area (TPSA) is 55.0 Å². The largest absolute Gasteiger partial charge is 0.459 e. The van der Waals surface area contributed by atoms with Gasteiger partial charge >= 0.3 is 5.97 Å². The Morgan fingerprint density at radius 1 is 1.21 bits per heavy atom. The highest BCUT2D eigenvalue weighted by molar-refractivity contribution is 7.14. The number of nitrogens with one attached hydrogen (secondary N) is 1. The Hall–Kier alpha value is -2.44. The number of benzene rings is 1. The van der Waals surface area contributed by atoms with Crippen molar-refractivity contribution < 1.29 is 9.53 Å². The van der Waals surface area contributed by atoms with Crippen molar-refractivity contribution in [2.24, 2.45) is 0 Å². The summed E-state index contributed by atoms with van der Waals surface area (Å²) in [5.41, 5.74) is 3.88. The van der Waals surface area contributed by atoms with Crippen molar-refractivity contribution in [3.8, 4) is 10.6 Å². The molecule has 3 aromatic heterocycles. The smallest absolute Gasteiger partial charge is 0.310 e. The summed E-state index contributed by atoms with van der Waals surface area (Å²) in [6.45, 7) is 0.210. The first-order chi connectivity index (χ1) is 11.8. The van der Waals surface area contributed by atoms with Crippen LogP contribution in [0.25, 0.3) is 21.5 Å². The molecule has 0 aliphatic rings. The molecule has 0 amide bonds. The summed E-state index contributed by atoms with van der Waals surface area (Å²) in [4.78, 5) is 19.8. The number of carbonyl (C=O) groups excluding carboxylic acids is 1. The zero-order valence-electron chi connectivity index (χ0n) is 12.7. The van der Waals surface area contributed by atoms with Gasteiger partial charge in [-0.15, -0.1) is 11.3 Å². The maximum atomic E-state index is 12.1. The van der Waals surface area contributed by atoms with Gasteiger partial charge in [0.2, 0.25) is 0 Å². The van der Waals surface area contributed by atoms with E-state index in [1.165, 1.54) is 0 Å². The van der Waals surface area contributed by atoms with Crippen molar-refractivity contribution in [2.45, 2.75) is 13.0 Å². The molecule has 4 aromatic rings. The minimum absolute atomic E-state index is 0.210. The van der Waals surface area contributed by atoms with Gasteiger partial charge in [0, 0.05) is 33.4 Å². The third-order valence-corrected chi connectivity index (χ3v) is 5.33. The normalized spacial score (nSPS) is 11.0. The van der Waals surface area contributed by atoms with E-state index in [0.29, 0.717) is 0 Å². The predicted octanol–water partition coefficient (Wildman–Crippen LogP) is 4.64. The van der Waals surface area contributed by atoms with Gasteiger partial charge in [0.1, 0.15) is 11.6 Å². The van der Waals surface area contributed by atoms with Gasteiger partial charge in [0.25, 0.3) is 0 Å². The van der Waals surface area contributed by atoms with E-state index < -0.39 is 0 Å². The second-order valence-corrected chi connectivity index (χ2v) is 6.99. The fraction of sp³-hybridized carbons (Fsp3) is 0.111.